The molecular weight excluding hydrogens is 1890 g/mol. The number of hydrogen-bond acceptors (Lipinski definition) is 36. The summed E-state index contributed by atoms with van der Waals surface area (Å²) in [4.78, 5) is 198. The molecule has 0 bridgehead atoms. The van der Waals surface area contributed by atoms with Gasteiger partial charge in [0.1, 0.15) is 0 Å². The van der Waals surface area contributed by atoms with Crippen LogP contribution in [0.15, 0.2) is 228 Å². The number of piperazine rings is 1. The van der Waals surface area contributed by atoms with Crippen molar-refractivity contribution in [2.45, 2.75) is 248 Å². The SMILES string of the molecule is CC(C)(Cc1ccc(N=C=O)cc1)N=C=O.CC(CCCN=C=O)CN=C=O.CC1(C)CC(N=C=O)CC(C)(CN=C=O)C1.CCc1cc(Cc2cc(CC)c(N=C=O)c(CC)c2)cc(CC)c1N=C=O.O=C=NC1CCC(N=C=O)CC1.O=C=NCCCCCCN=C=O.O=C=NCc1cccc(CN=C=O)c1.c1ccc(CNCCN2CCNCC2)nc1.c1ccc(CNCCOCCOCCNCc2ccccc2)cc1. The van der Waals surface area contributed by atoms with Gasteiger partial charge >= 0.3 is 0 Å². The lowest BCUT2D eigenvalue weighted by atomic mass is 9.63. The topological polar surface area (TPSA) is 495 Å². The number of aryl methyl sites for hydroxylation is 4. The Bertz CT molecular complexity index is 5420. The molecular formula is C113H146N20O16. The van der Waals surface area contributed by atoms with Gasteiger partial charge in [0.2, 0.25) is 85.1 Å². The van der Waals surface area contributed by atoms with Gasteiger partial charge in [0.25, 0.3) is 0 Å². The van der Waals surface area contributed by atoms with Crippen molar-refractivity contribution < 1.29 is 76.6 Å². The molecule has 1 aromatic heterocycles. The average Bonchev–Trinajstić information content (AvgIpc) is 0.800. The van der Waals surface area contributed by atoms with Gasteiger partial charge in [-0.25, -0.2) is 117 Å². The van der Waals surface area contributed by atoms with Gasteiger partial charge in [-0.15, -0.1) is 0 Å². The summed E-state index contributed by atoms with van der Waals surface area (Å²) >= 11 is 0. The highest BCUT2D eigenvalue weighted by Gasteiger charge is 2.41. The molecule has 36 nitrogen and oxygen atoms in total. The minimum absolute atomic E-state index is 0.00750. The molecule has 2 aliphatic carbocycles. The summed E-state index contributed by atoms with van der Waals surface area (Å²) in [6.07, 6.45) is 39.7. The van der Waals surface area contributed by atoms with Crippen LogP contribution >= 0.6 is 0 Å². The maximum Gasteiger partial charge on any atom is 0.240 e. The van der Waals surface area contributed by atoms with Crippen molar-refractivity contribution in [2.24, 2.45) is 86.6 Å². The minimum atomic E-state index is -0.461. The van der Waals surface area contributed by atoms with Gasteiger partial charge in [-0.1, -0.05) is 196 Å². The van der Waals surface area contributed by atoms with Crippen molar-refractivity contribution in [3.63, 3.8) is 0 Å². The molecule has 3 unspecified atom stereocenters. The highest BCUT2D eigenvalue weighted by atomic mass is 16.5. The van der Waals surface area contributed by atoms with Crippen LogP contribution in [0, 0.1) is 16.7 Å². The zero-order chi connectivity index (χ0) is 109. The summed E-state index contributed by atoms with van der Waals surface area (Å²) in [5.41, 5.74) is 14.9. The van der Waals surface area contributed by atoms with Crippen LogP contribution in [0.3, 0.4) is 0 Å². The van der Waals surface area contributed by atoms with Gasteiger partial charge in [-0.05, 0) is 225 Å². The number of isocyanates is 14. The van der Waals surface area contributed by atoms with Crippen LogP contribution in [0.1, 0.15) is 220 Å². The van der Waals surface area contributed by atoms with E-state index >= 15 is 0 Å². The fourth-order valence-corrected chi connectivity index (χ4v) is 16.4. The zero-order valence-corrected chi connectivity index (χ0v) is 88.0. The average molecular weight is 2040 g/mol. The molecule has 7 aromatic rings. The Morgan fingerprint density at radius 2 is 0.872 bits per heavy atom. The first-order valence-electron chi connectivity index (χ1n) is 50.4. The second-order valence-electron chi connectivity index (χ2n) is 36.6. The number of nitrogens with one attached hydrogen (secondary N) is 4. The largest absolute Gasteiger partial charge is 0.378 e. The highest BCUT2D eigenvalue weighted by Crippen LogP contribution is 2.47. The number of carbonyl (C=O) groups excluding carboxylic acids is 14. The van der Waals surface area contributed by atoms with Gasteiger partial charge in [-0.2, -0.15) is 20.0 Å². The minimum Gasteiger partial charge on any atom is -0.378 e. The first kappa shape index (κ1) is 131. The monoisotopic (exact) mass is 2040 g/mol. The number of pyridine rings is 1. The molecule has 1 aliphatic heterocycles. The van der Waals surface area contributed by atoms with Crippen LogP contribution in [0.2, 0.25) is 0 Å². The normalized spacial score (nSPS) is 14.7. The number of aromatic nitrogens is 1. The molecule has 3 atom stereocenters. The number of nitrogens with zero attached hydrogens (tertiary/aromatic N) is 16. The number of ether oxygens (including phenoxy) is 2. The van der Waals surface area contributed by atoms with E-state index in [1.54, 1.807) is 54.7 Å². The molecule has 0 spiro atoms. The van der Waals surface area contributed by atoms with Crippen molar-refractivity contribution in [2.75, 3.05) is 112 Å². The van der Waals surface area contributed by atoms with Gasteiger partial charge in [0, 0.05) is 78.2 Å². The predicted molar refractivity (Wildman–Crippen MR) is 574 cm³/mol. The van der Waals surface area contributed by atoms with Gasteiger partial charge in [-0.3, -0.25) is 9.88 Å². The van der Waals surface area contributed by atoms with Crippen molar-refractivity contribution in [1.82, 2.24) is 31.2 Å². The fraction of sp³-hybridized carbons (Fsp3) is 0.513. The number of rotatable bonds is 52. The first-order valence-corrected chi connectivity index (χ1v) is 50.4. The van der Waals surface area contributed by atoms with E-state index in [0.717, 1.165) is 230 Å². The van der Waals surface area contributed by atoms with E-state index in [0.29, 0.717) is 90.3 Å². The standard InChI is InChI=1S/C23H26N2O2.C20H28N2O2.C12H20N4.C12H18N2O2.C12H12N2O2.C10H8N2O2.C8H10N2O2.2C8H12N2O2/c1-5-18-10-16(11-19(6-2)22(18)24-14-26)9-17-12-20(7-3)23(25-15-27)21(8-4)13-17;1-3-7-19(8-4-1)17-21-11-13-23-15-16-24-14-12-22-18-20-9-5-2-6-10-20;1-2-4-15-12(3-1)11-14-7-10-16-8-5-13-6-9-16;1-11(2)4-10(14-9-16)5-12(3,6-11)7-13-8-15;1-12(2,14-9-16)7-10-3-5-11(6-4-10)13-8-15;13-7-11-5-9-2-1-3-10(4-9)6-12-8-14;11-5-9-7-1-2-8(4-3-7)10-6-12;1-8(5-10-7-12)3-2-4-9-6-11;11-7-9-5-3-1-2-4-6-10-8-12/h10-13H,5-9H2,1-4H3;1-10,21-22H,11-18H2;1-4,13-14H,5-11H2;10H,4-7H2,1-3H3;3-6H,7H2,1-2H3;1-4H,5-6H2;7-8H,1-4H2;8H,2-5H2,1H3;1-6H2. The van der Waals surface area contributed by atoms with E-state index in [9.17, 15) is 67.1 Å². The molecule has 6 aromatic carbocycles. The van der Waals surface area contributed by atoms with Crippen LogP contribution in [0.25, 0.3) is 0 Å². The van der Waals surface area contributed by atoms with Crippen molar-refractivity contribution in [1.29, 1.82) is 0 Å². The molecule has 0 amide bonds. The van der Waals surface area contributed by atoms with Gasteiger partial charge < -0.3 is 30.7 Å². The molecule has 2 saturated carbocycles. The highest BCUT2D eigenvalue weighted by molar-refractivity contribution is 5.63. The van der Waals surface area contributed by atoms with E-state index in [-0.39, 0.29) is 29.0 Å². The molecule has 0 radical (unpaired) electrons. The van der Waals surface area contributed by atoms with Gasteiger partial charge in [0.15, 0.2) is 0 Å². The second-order valence-corrected chi connectivity index (χ2v) is 36.6. The second kappa shape index (κ2) is 85.6. The third-order valence-electron chi connectivity index (χ3n) is 23.3. The lowest BCUT2D eigenvalue weighted by Gasteiger charge is -2.44. The summed E-state index contributed by atoms with van der Waals surface area (Å²) in [6, 6.07) is 50.0. The fourth-order valence-electron chi connectivity index (χ4n) is 16.4. The van der Waals surface area contributed by atoms with Gasteiger partial charge in [0.05, 0.1) is 119 Å². The molecule has 149 heavy (non-hydrogen) atoms. The molecule has 794 valence electrons. The van der Waals surface area contributed by atoms with Crippen molar-refractivity contribution in [3.05, 3.63) is 225 Å². The lowest BCUT2D eigenvalue weighted by Crippen LogP contribution is -2.45. The summed E-state index contributed by atoms with van der Waals surface area (Å²) in [7, 11) is 0. The molecule has 3 aliphatic rings. The smallest absolute Gasteiger partial charge is 0.240 e. The van der Waals surface area contributed by atoms with E-state index in [4.69, 9.17) is 9.47 Å². The first-order chi connectivity index (χ1) is 72.4. The Balaban J connectivity index is 0.000000575. The Labute approximate surface area is 875 Å². The third-order valence-corrected chi connectivity index (χ3v) is 23.3. The molecule has 2 heterocycles. The Kier molecular flexibility index (Phi) is 75.0. The lowest BCUT2D eigenvalue weighted by molar-refractivity contribution is 0.0498. The molecule has 10 rings (SSSR count). The van der Waals surface area contributed by atoms with E-state index in [1.807, 2.05) is 87.6 Å². The Hall–Kier alpha value is -14.5. The summed E-state index contributed by atoms with van der Waals surface area (Å²) < 4.78 is 11.1. The van der Waals surface area contributed by atoms with Crippen LogP contribution < -0.4 is 21.3 Å². The quantitative estimate of drug-likeness (QED) is 0.0156. The predicted octanol–water partition coefficient (Wildman–Crippen LogP) is 17.3. The number of aliphatic imine (C=N–C) groups is 14. The van der Waals surface area contributed by atoms with Crippen LogP contribution in [0.4, 0.5) is 17.1 Å². The third kappa shape index (κ3) is 65.0. The molecule has 1 saturated heterocycles. The van der Waals surface area contributed by atoms with E-state index in [2.05, 4.69) is 228 Å². The maximum absolute atomic E-state index is 10.8. The number of benzene rings is 6. The van der Waals surface area contributed by atoms with Crippen LogP contribution in [0.5, 0.6) is 0 Å². The summed E-state index contributed by atoms with van der Waals surface area (Å²) in [6.45, 7) is 37.4. The summed E-state index contributed by atoms with van der Waals surface area (Å²) in [5.74, 6) is 0.355. The number of hydrogen-bond donors (Lipinski definition) is 4. The zero-order valence-electron chi connectivity index (χ0n) is 88.0. The summed E-state index contributed by atoms with van der Waals surface area (Å²) in [5, 5.41) is 13.5. The van der Waals surface area contributed by atoms with Crippen LogP contribution in [-0.2, 0) is 148 Å². The Morgan fingerprint density at radius 3 is 1.30 bits per heavy atom. The molecule has 3 fully saturated rings. The van der Waals surface area contributed by atoms with E-state index in [1.165, 1.54) is 77.9 Å². The Morgan fingerprint density at radius 1 is 0.430 bits per heavy atom. The maximum atomic E-state index is 10.8. The molecule has 4 N–H and O–H groups in total. The van der Waals surface area contributed by atoms with E-state index < -0.39 is 5.54 Å². The molecule has 36 heteroatoms. The number of unbranched alkanes of at least 4 members (excludes halogenated alkanes) is 3. The van der Waals surface area contributed by atoms with Crippen molar-refractivity contribution in [3.8, 4) is 0 Å². The van der Waals surface area contributed by atoms with Crippen LogP contribution in [-0.4, -0.2) is 230 Å². The van der Waals surface area contributed by atoms with Crippen molar-refractivity contribution >= 4 is 102 Å².